The monoisotopic (exact) mass is 426 g/mol. The van der Waals surface area contributed by atoms with E-state index in [0.717, 1.165) is 27.2 Å². The quantitative estimate of drug-likeness (QED) is 0.523. The second-order valence-corrected chi connectivity index (χ2v) is 9.37. The zero-order valence-corrected chi connectivity index (χ0v) is 18.0. The van der Waals surface area contributed by atoms with Crippen LogP contribution in [0.25, 0.3) is 0 Å². The first-order valence-electron chi connectivity index (χ1n) is 9.77. The lowest BCUT2D eigenvalue weighted by atomic mass is 10.1. The number of imidazole rings is 1. The molecule has 0 aromatic carbocycles. The van der Waals surface area contributed by atoms with Gasteiger partial charge in [-0.05, 0) is 50.3 Å². The van der Waals surface area contributed by atoms with Crippen LogP contribution in [0.4, 0.5) is 0 Å². The fraction of sp³-hybridized carbons (Fsp3) is 0.381. The van der Waals surface area contributed by atoms with Gasteiger partial charge in [-0.15, -0.1) is 11.3 Å². The van der Waals surface area contributed by atoms with Crippen molar-refractivity contribution in [2.45, 2.75) is 50.4 Å². The highest BCUT2D eigenvalue weighted by atomic mass is 32.2. The standard InChI is InChI=1S/C21H22N4O2S2/c1-13-14(2)24(15-7-8-15)21(22-13)29-12-20(26)25-17(19-6-4-10-28-19)11-16(23-25)18-5-3-9-27-18/h3-6,9-10,15,17H,7-8,11-12H2,1-2H3/t17-/m1/s1. The van der Waals surface area contributed by atoms with Crippen LogP contribution in [0.2, 0.25) is 0 Å². The Kier molecular flexibility index (Phi) is 4.83. The molecule has 1 aliphatic carbocycles. The minimum absolute atomic E-state index is 0.00407. The van der Waals surface area contributed by atoms with E-state index in [9.17, 15) is 4.79 Å². The number of carbonyl (C=O) groups is 1. The number of thiophene rings is 1. The lowest BCUT2D eigenvalue weighted by Crippen LogP contribution is -2.28. The molecule has 29 heavy (non-hydrogen) atoms. The van der Waals surface area contributed by atoms with Gasteiger partial charge in [-0.1, -0.05) is 17.8 Å². The summed E-state index contributed by atoms with van der Waals surface area (Å²) in [6.45, 7) is 4.15. The molecule has 3 aromatic rings. The average Bonchev–Trinajstić information content (AvgIpc) is 3.18. The SMILES string of the molecule is Cc1nc(SCC(=O)N2N=C(c3ccco3)C[C@@H]2c2cccs2)n(C2CC2)c1C. The molecule has 0 spiro atoms. The van der Waals surface area contributed by atoms with Gasteiger partial charge in [0.1, 0.15) is 11.5 Å². The molecule has 1 aliphatic heterocycles. The molecule has 0 N–H and O–H groups in total. The fourth-order valence-corrected chi connectivity index (χ4v) is 5.51. The maximum Gasteiger partial charge on any atom is 0.253 e. The van der Waals surface area contributed by atoms with E-state index in [0.29, 0.717) is 18.2 Å². The molecule has 1 atom stereocenters. The van der Waals surface area contributed by atoms with Gasteiger partial charge in [0.15, 0.2) is 5.16 Å². The smallest absolute Gasteiger partial charge is 0.253 e. The summed E-state index contributed by atoms with van der Waals surface area (Å²) in [5.41, 5.74) is 3.07. The molecular weight excluding hydrogens is 404 g/mol. The van der Waals surface area contributed by atoms with E-state index in [1.807, 2.05) is 30.5 Å². The third-order valence-electron chi connectivity index (χ3n) is 5.43. The first-order chi connectivity index (χ1) is 14.1. The highest BCUT2D eigenvalue weighted by molar-refractivity contribution is 7.99. The second-order valence-electron chi connectivity index (χ2n) is 7.45. The van der Waals surface area contributed by atoms with Gasteiger partial charge in [0.25, 0.3) is 5.91 Å². The van der Waals surface area contributed by atoms with Crippen molar-refractivity contribution in [2.24, 2.45) is 5.10 Å². The zero-order chi connectivity index (χ0) is 20.0. The Labute approximate surface area is 177 Å². The largest absolute Gasteiger partial charge is 0.463 e. The van der Waals surface area contributed by atoms with Crippen LogP contribution in [0.3, 0.4) is 0 Å². The molecular formula is C21H22N4O2S2. The summed E-state index contributed by atoms with van der Waals surface area (Å²) in [6, 6.07) is 8.29. The first kappa shape index (κ1) is 18.7. The molecule has 1 fully saturated rings. The van der Waals surface area contributed by atoms with Gasteiger partial charge in [-0.3, -0.25) is 4.79 Å². The van der Waals surface area contributed by atoms with Gasteiger partial charge < -0.3 is 8.98 Å². The van der Waals surface area contributed by atoms with E-state index in [-0.39, 0.29) is 11.9 Å². The van der Waals surface area contributed by atoms with Crippen molar-refractivity contribution in [3.63, 3.8) is 0 Å². The first-order valence-corrected chi connectivity index (χ1v) is 11.6. The molecule has 0 radical (unpaired) electrons. The van der Waals surface area contributed by atoms with Crippen molar-refractivity contribution in [1.82, 2.24) is 14.6 Å². The molecule has 6 nitrogen and oxygen atoms in total. The van der Waals surface area contributed by atoms with Crippen molar-refractivity contribution in [3.05, 3.63) is 57.9 Å². The number of hydrogen-bond acceptors (Lipinski definition) is 6. The minimum Gasteiger partial charge on any atom is -0.463 e. The number of nitrogens with zero attached hydrogens (tertiary/aromatic N) is 4. The topological polar surface area (TPSA) is 63.6 Å². The van der Waals surface area contributed by atoms with Crippen LogP contribution in [0.15, 0.2) is 50.6 Å². The van der Waals surface area contributed by atoms with Gasteiger partial charge in [0, 0.05) is 23.0 Å². The predicted molar refractivity (Wildman–Crippen MR) is 114 cm³/mol. The van der Waals surface area contributed by atoms with E-state index in [1.54, 1.807) is 22.6 Å². The Hall–Kier alpha value is -2.32. The number of thioether (sulfide) groups is 1. The molecule has 150 valence electrons. The summed E-state index contributed by atoms with van der Waals surface area (Å²) < 4.78 is 7.82. The van der Waals surface area contributed by atoms with Gasteiger partial charge in [-0.25, -0.2) is 9.99 Å². The van der Waals surface area contributed by atoms with Gasteiger partial charge in [0.05, 0.1) is 23.8 Å². The number of hydrazone groups is 1. The third-order valence-corrected chi connectivity index (χ3v) is 7.35. The molecule has 5 rings (SSSR count). The number of amides is 1. The summed E-state index contributed by atoms with van der Waals surface area (Å²) in [5.74, 6) is 1.04. The average molecular weight is 427 g/mol. The van der Waals surface area contributed by atoms with Crippen LogP contribution in [-0.2, 0) is 4.79 Å². The number of aromatic nitrogens is 2. The van der Waals surface area contributed by atoms with Crippen molar-refractivity contribution in [2.75, 3.05) is 5.75 Å². The van der Waals surface area contributed by atoms with E-state index in [4.69, 9.17) is 9.40 Å². The Morgan fingerprint density at radius 3 is 2.86 bits per heavy atom. The molecule has 4 heterocycles. The van der Waals surface area contributed by atoms with Crippen molar-refractivity contribution in [3.8, 4) is 0 Å². The van der Waals surface area contributed by atoms with Gasteiger partial charge >= 0.3 is 0 Å². The van der Waals surface area contributed by atoms with Gasteiger partial charge in [0.2, 0.25) is 0 Å². The summed E-state index contributed by atoms with van der Waals surface area (Å²) in [6.07, 6.45) is 4.70. The van der Waals surface area contributed by atoms with Gasteiger partial charge in [-0.2, -0.15) is 5.10 Å². The number of hydrogen-bond donors (Lipinski definition) is 0. The van der Waals surface area contributed by atoms with Crippen LogP contribution >= 0.6 is 23.1 Å². The number of aryl methyl sites for hydroxylation is 1. The van der Waals surface area contributed by atoms with Crippen LogP contribution in [-0.4, -0.2) is 31.9 Å². The normalized spacial score (nSPS) is 19.0. The minimum atomic E-state index is -0.0742. The van der Waals surface area contributed by atoms with Crippen LogP contribution in [0.1, 0.15) is 53.4 Å². The highest BCUT2D eigenvalue weighted by Crippen LogP contribution is 2.40. The molecule has 0 bridgehead atoms. The Morgan fingerprint density at radius 1 is 1.31 bits per heavy atom. The molecule has 1 amide bonds. The second kappa shape index (κ2) is 7.50. The number of furan rings is 1. The van der Waals surface area contributed by atoms with E-state index in [1.165, 1.54) is 30.3 Å². The maximum atomic E-state index is 13.2. The lowest BCUT2D eigenvalue weighted by molar-refractivity contribution is -0.130. The Balaban J connectivity index is 1.36. The Morgan fingerprint density at radius 2 is 2.17 bits per heavy atom. The van der Waals surface area contributed by atoms with E-state index >= 15 is 0 Å². The Bertz CT molecular complexity index is 1050. The van der Waals surface area contributed by atoms with E-state index in [2.05, 4.69) is 22.7 Å². The number of carbonyl (C=O) groups excluding carboxylic acids is 1. The molecule has 0 saturated heterocycles. The lowest BCUT2D eigenvalue weighted by Gasteiger charge is -2.20. The van der Waals surface area contributed by atoms with Crippen LogP contribution in [0.5, 0.6) is 0 Å². The number of rotatable bonds is 6. The molecule has 2 aliphatic rings. The molecule has 1 saturated carbocycles. The van der Waals surface area contributed by atoms with Crippen molar-refractivity contribution >= 4 is 34.7 Å². The highest BCUT2D eigenvalue weighted by Gasteiger charge is 2.35. The molecule has 8 heteroatoms. The summed E-state index contributed by atoms with van der Waals surface area (Å²) in [4.78, 5) is 19.0. The summed E-state index contributed by atoms with van der Waals surface area (Å²) >= 11 is 3.17. The fourth-order valence-electron chi connectivity index (χ4n) is 3.69. The van der Waals surface area contributed by atoms with E-state index < -0.39 is 0 Å². The summed E-state index contributed by atoms with van der Waals surface area (Å²) in [7, 11) is 0. The predicted octanol–water partition coefficient (Wildman–Crippen LogP) is 4.96. The van der Waals surface area contributed by atoms with Crippen molar-refractivity contribution in [1.29, 1.82) is 0 Å². The zero-order valence-electron chi connectivity index (χ0n) is 16.4. The summed E-state index contributed by atoms with van der Waals surface area (Å²) in [5, 5.41) is 9.27. The van der Waals surface area contributed by atoms with Crippen molar-refractivity contribution < 1.29 is 9.21 Å². The maximum absolute atomic E-state index is 13.2. The van der Waals surface area contributed by atoms with Crippen LogP contribution in [0, 0.1) is 13.8 Å². The molecule has 3 aromatic heterocycles. The molecule has 0 unspecified atom stereocenters. The van der Waals surface area contributed by atoms with Crippen LogP contribution < -0.4 is 0 Å². The third kappa shape index (κ3) is 3.55.